The highest BCUT2D eigenvalue weighted by atomic mass is 32.2. The molecule has 4 aromatic carbocycles. The molecule has 4 atom stereocenters. The van der Waals surface area contributed by atoms with E-state index >= 15 is 0 Å². The predicted octanol–water partition coefficient (Wildman–Crippen LogP) is 7.33. The van der Waals surface area contributed by atoms with Gasteiger partial charge in [-0.2, -0.15) is 23.5 Å². The molecule has 2 aliphatic heterocycles. The lowest BCUT2D eigenvalue weighted by Gasteiger charge is -2.26. The number of ether oxygens (including phenoxy) is 4. The monoisotopic (exact) mass is 960 g/mol. The second kappa shape index (κ2) is 21.1. The van der Waals surface area contributed by atoms with Crippen molar-refractivity contribution in [2.75, 3.05) is 64.9 Å². The number of aromatic amines is 2. The molecule has 0 saturated carbocycles. The summed E-state index contributed by atoms with van der Waals surface area (Å²) in [7, 11) is 2.57. The predicted molar refractivity (Wildman–Crippen MR) is 263 cm³/mol. The number of aromatic nitrogens is 4. The molecule has 4 N–H and O–H groups in total. The maximum atomic E-state index is 13.8. The number of carbonyl (C=O) groups excluding carboxylic acids is 4. The Balaban J connectivity index is 0.931. The fourth-order valence-electron chi connectivity index (χ4n) is 9.36. The first-order valence-electron chi connectivity index (χ1n) is 22.8. The number of rotatable bonds is 14. The topological polar surface area (TPSA) is 193 Å². The molecule has 4 unspecified atom stereocenters. The van der Waals surface area contributed by atoms with Crippen LogP contribution in [0.1, 0.15) is 58.8 Å². The number of hydrogen-bond donors (Lipinski definition) is 4. The summed E-state index contributed by atoms with van der Waals surface area (Å²) >= 11 is 3.21. The number of thioether (sulfide) groups is 2. The Labute approximate surface area is 403 Å². The van der Waals surface area contributed by atoms with Crippen LogP contribution in [0.3, 0.4) is 0 Å². The summed E-state index contributed by atoms with van der Waals surface area (Å²) in [6.07, 6.45) is 6.90. The molecule has 2 fully saturated rings. The minimum atomic E-state index is -0.745. The van der Waals surface area contributed by atoms with Crippen molar-refractivity contribution in [3.05, 3.63) is 107 Å². The SMILES string of the molecule is COC(=O)NC(CCSC)C(=O)N1COCC1c1nc2ccc(-c3cc4ccc3CCc3ccc(c(-c5ccc6nc(C7COCN7C(=O)C(CCSC)NC(=O)OC)[nH]c6c5)c3)CC4)cc2[nH]1. The highest BCUT2D eigenvalue weighted by Crippen LogP contribution is 2.36. The number of methoxy groups -OCH3 is 2. The zero-order chi connectivity index (χ0) is 47.3. The average molecular weight is 961 g/mol. The van der Waals surface area contributed by atoms with E-state index in [-0.39, 0.29) is 38.5 Å². The van der Waals surface area contributed by atoms with Gasteiger partial charge in [-0.05, 0) is 131 Å². The molecule has 12 rings (SSSR count). The van der Waals surface area contributed by atoms with Crippen molar-refractivity contribution in [2.45, 2.75) is 62.7 Å². The molecule has 6 aromatic rings. The number of hydrogen-bond acceptors (Lipinski definition) is 12. The molecule has 6 aliphatic rings. The van der Waals surface area contributed by atoms with Gasteiger partial charge < -0.3 is 49.3 Å². The number of aryl methyl sites for hydroxylation is 4. The molecule has 68 heavy (non-hydrogen) atoms. The van der Waals surface area contributed by atoms with Gasteiger partial charge in [-0.15, -0.1) is 0 Å². The molecule has 0 spiro atoms. The Morgan fingerprint density at radius 1 is 0.647 bits per heavy atom. The van der Waals surface area contributed by atoms with Crippen LogP contribution >= 0.6 is 23.5 Å². The van der Waals surface area contributed by atoms with Gasteiger partial charge in [0.15, 0.2) is 0 Å². The highest BCUT2D eigenvalue weighted by Gasteiger charge is 2.39. The van der Waals surface area contributed by atoms with Crippen molar-refractivity contribution >= 4 is 69.6 Å². The van der Waals surface area contributed by atoms with E-state index < -0.39 is 36.4 Å². The third-order valence-corrected chi connectivity index (χ3v) is 14.4. The number of nitrogens with zero attached hydrogens (tertiary/aromatic N) is 4. The van der Waals surface area contributed by atoms with Gasteiger partial charge in [0.2, 0.25) is 11.8 Å². The second-order valence-corrected chi connectivity index (χ2v) is 19.2. The molecular formula is C50H56N8O8S2. The van der Waals surface area contributed by atoms with E-state index in [1.54, 1.807) is 33.3 Å². The smallest absolute Gasteiger partial charge is 0.407 e. The van der Waals surface area contributed by atoms with Crippen LogP contribution in [0, 0.1) is 0 Å². The summed E-state index contributed by atoms with van der Waals surface area (Å²) in [6, 6.07) is 23.9. The number of H-pyrrole nitrogens is 2. The largest absolute Gasteiger partial charge is 0.453 e. The van der Waals surface area contributed by atoms with Gasteiger partial charge in [0.25, 0.3) is 0 Å². The number of alkyl carbamates (subject to hydrolysis) is 2. The molecule has 2 saturated heterocycles. The lowest BCUT2D eigenvalue weighted by Crippen LogP contribution is -2.49. The first-order valence-corrected chi connectivity index (χ1v) is 25.6. The fourth-order valence-corrected chi connectivity index (χ4v) is 10.3. The molecular weight excluding hydrogens is 905 g/mol. The number of benzene rings is 4. The Hall–Kier alpha value is -6.08. The zero-order valence-electron chi connectivity index (χ0n) is 38.6. The van der Waals surface area contributed by atoms with E-state index in [2.05, 4.69) is 81.3 Å². The summed E-state index contributed by atoms with van der Waals surface area (Å²) < 4.78 is 21.2. The molecule has 18 heteroatoms. The van der Waals surface area contributed by atoms with Crippen molar-refractivity contribution in [3.63, 3.8) is 0 Å². The van der Waals surface area contributed by atoms with E-state index in [1.165, 1.54) is 47.6 Å². The minimum Gasteiger partial charge on any atom is -0.453 e. The van der Waals surface area contributed by atoms with Crippen molar-refractivity contribution in [3.8, 4) is 22.3 Å². The quantitative estimate of drug-likeness (QED) is 0.0852. The Kier molecular flexibility index (Phi) is 14.6. The van der Waals surface area contributed by atoms with E-state index in [0.29, 0.717) is 36.0 Å². The maximum absolute atomic E-state index is 13.8. The molecule has 4 bridgehead atoms. The zero-order valence-corrected chi connectivity index (χ0v) is 40.2. The first-order chi connectivity index (χ1) is 33.1. The first kappa shape index (κ1) is 47.0. The Bertz CT molecular complexity index is 2640. The number of imidazole rings is 2. The molecule has 2 aromatic heterocycles. The molecule has 16 nitrogen and oxygen atoms in total. The normalized spacial score (nSPS) is 17.8. The molecule has 4 amide bonds. The number of carbonyl (C=O) groups is 4. The third kappa shape index (κ3) is 10.0. The van der Waals surface area contributed by atoms with Crippen molar-refractivity contribution in [1.29, 1.82) is 0 Å². The van der Waals surface area contributed by atoms with Gasteiger partial charge in [0.1, 0.15) is 49.3 Å². The third-order valence-electron chi connectivity index (χ3n) is 13.1. The van der Waals surface area contributed by atoms with Crippen molar-refractivity contribution in [2.24, 2.45) is 0 Å². The Morgan fingerprint density at radius 2 is 1.09 bits per heavy atom. The highest BCUT2D eigenvalue weighted by molar-refractivity contribution is 7.98. The summed E-state index contributed by atoms with van der Waals surface area (Å²) in [5, 5.41) is 5.40. The average Bonchev–Trinajstić information content (AvgIpc) is 4.20. The van der Waals surface area contributed by atoms with Gasteiger partial charge in [-0.1, -0.05) is 48.5 Å². The second-order valence-electron chi connectivity index (χ2n) is 17.3. The fraction of sp³-hybridized carbons (Fsp3) is 0.400. The molecule has 4 aliphatic carbocycles. The molecule has 356 valence electrons. The van der Waals surface area contributed by atoms with Crippen LogP contribution in [0.2, 0.25) is 0 Å². The van der Waals surface area contributed by atoms with Gasteiger partial charge in [-0.25, -0.2) is 19.6 Å². The van der Waals surface area contributed by atoms with Crippen LogP contribution in [0.25, 0.3) is 44.3 Å². The molecule has 4 heterocycles. The van der Waals surface area contributed by atoms with Gasteiger partial charge in [-0.3, -0.25) is 9.59 Å². The van der Waals surface area contributed by atoms with Crippen LogP contribution in [-0.2, 0) is 54.2 Å². The van der Waals surface area contributed by atoms with E-state index in [1.807, 2.05) is 24.6 Å². The van der Waals surface area contributed by atoms with Crippen LogP contribution in [0.4, 0.5) is 9.59 Å². The number of fused-ring (bicyclic) bond motifs is 2. The van der Waals surface area contributed by atoms with Crippen molar-refractivity contribution in [1.82, 2.24) is 40.4 Å². The summed E-state index contributed by atoms with van der Waals surface area (Å²) in [6.45, 7) is 0.781. The van der Waals surface area contributed by atoms with Gasteiger partial charge in [0, 0.05) is 0 Å². The van der Waals surface area contributed by atoms with E-state index in [0.717, 1.165) is 58.9 Å². The van der Waals surface area contributed by atoms with Crippen LogP contribution in [-0.4, -0.2) is 131 Å². The van der Waals surface area contributed by atoms with Crippen molar-refractivity contribution < 1.29 is 38.1 Å². The summed E-state index contributed by atoms with van der Waals surface area (Å²) in [5.41, 5.74) is 12.8. The van der Waals surface area contributed by atoms with Crippen LogP contribution < -0.4 is 10.6 Å². The molecule has 0 radical (unpaired) electrons. The van der Waals surface area contributed by atoms with Crippen LogP contribution in [0.15, 0.2) is 72.8 Å². The Morgan fingerprint density at radius 3 is 1.50 bits per heavy atom. The number of amides is 4. The summed E-state index contributed by atoms with van der Waals surface area (Å²) in [5.74, 6) is 2.18. The van der Waals surface area contributed by atoms with E-state index in [9.17, 15) is 19.2 Å². The summed E-state index contributed by atoms with van der Waals surface area (Å²) in [4.78, 5) is 72.0. The van der Waals surface area contributed by atoms with Gasteiger partial charge in [0.05, 0.1) is 49.5 Å². The lowest BCUT2D eigenvalue weighted by atomic mass is 9.87. The van der Waals surface area contributed by atoms with Gasteiger partial charge >= 0.3 is 12.2 Å². The lowest BCUT2D eigenvalue weighted by molar-refractivity contribution is -0.136. The minimum absolute atomic E-state index is 0.102. The van der Waals surface area contributed by atoms with E-state index in [4.69, 9.17) is 28.9 Å². The standard InChI is InChI=1S/C50H56N8O8S2/c1-63-49(61)55-39(17-19-67-3)47(59)57-27-65-25-43(57)45-51-37-15-13-33(23-41(37)53-45)35-21-29-5-9-31(35)11-7-30-6-10-32(12-8-29)36(22-30)34-14-16-38-42(24-34)54-46(52-38)44-26-66-28-58(44)48(60)40(18-20-68-4)56-50(62)64-2/h5-6,9-10,13-16,21-24,39-40,43-44H,7-8,11-12,17-20,25-28H2,1-4H3,(H,51,53)(H,52,54)(H,55,61)(H,56,62). The number of nitrogens with one attached hydrogen (secondary N) is 4. The van der Waals surface area contributed by atoms with Crippen LogP contribution in [0.5, 0.6) is 0 Å². The maximum Gasteiger partial charge on any atom is 0.407 e.